The number of halogens is 1. The van der Waals surface area contributed by atoms with Crippen LogP contribution in [0, 0.1) is 10.1 Å². The average molecular weight is 290 g/mol. The summed E-state index contributed by atoms with van der Waals surface area (Å²) in [5, 5.41) is 10.6. The zero-order chi connectivity index (χ0) is 14.4. The van der Waals surface area contributed by atoms with Crippen LogP contribution >= 0.6 is 11.6 Å². The summed E-state index contributed by atoms with van der Waals surface area (Å²) in [6.07, 6.45) is 2.73. The Morgan fingerprint density at radius 1 is 1.05 bits per heavy atom. The van der Waals surface area contributed by atoms with Crippen molar-refractivity contribution in [2.75, 3.05) is 0 Å². The number of hydrogen-bond acceptors (Lipinski definition) is 2. The molecule has 2 aromatic rings. The number of non-ortho nitro benzene ring substituents is 1. The van der Waals surface area contributed by atoms with Gasteiger partial charge < -0.3 is 0 Å². The Kier molecular flexibility index (Phi) is 5.13. The maximum Gasteiger partial charge on any atom is 0.269 e. The van der Waals surface area contributed by atoms with E-state index in [9.17, 15) is 10.1 Å². The normalized spacial score (nSPS) is 12.1. The largest absolute Gasteiger partial charge is 0.269 e. The first-order valence-corrected chi connectivity index (χ1v) is 7.03. The molecule has 0 bridgehead atoms. The Bertz CT molecular complexity index is 554. The lowest BCUT2D eigenvalue weighted by Gasteiger charge is -2.09. The molecule has 0 heterocycles. The number of aryl methyl sites for hydroxylation is 1. The molecule has 3 nitrogen and oxygen atoms in total. The van der Waals surface area contributed by atoms with Gasteiger partial charge in [-0.25, -0.2) is 0 Å². The smallest absolute Gasteiger partial charge is 0.258 e. The molecule has 0 spiro atoms. The van der Waals surface area contributed by atoms with Gasteiger partial charge in [-0.3, -0.25) is 10.1 Å². The zero-order valence-corrected chi connectivity index (χ0v) is 11.8. The summed E-state index contributed by atoms with van der Waals surface area (Å²) in [5.41, 5.74) is 2.37. The van der Waals surface area contributed by atoms with Crippen LogP contribution in [0.25, 0.3) is 0 Å². The van der Waals surface area contributed by atoms with Crippen molar-refractivity contribution < 1.29 is 4.92 Å². The van der Waals surface area contributed by atoms with Crippen LogP contribution in [-0.2, 0) is 6.42 Å². The van der Waals surface area contributed by atoms with Crippen LogP contribution < -0.4 is 0 Å². The van der Waals surface area contributed by atoms with Gasteiger partial charge in [-0.15, -0.1) is 11.6 Å². The quantitative estimate of drug-likeness (QED) is 0.431. The molecule has 4 heteroatoms. The standard InChI is InChI=1S/C16H16ClNO2/c17-16(14-6-2-1-3-7-14)8-4-5-13-9-11-15(12-10-13)18(19)20/h1-3,6-7,9-12,16H,4-5,8H2. The van der Waals surface area contributed by atoms with E-state index in [1.54, 1.807) is 12.1 Å². The molecule has 0 amide bonds. The minimum Gasteiger partial charge on any atom is -0.258 e. The predicted octanol–water partition coefficient (Wildman–Crippen LogP) is 4.90. The Hall–Kier alpha value is -1.87. The predicted molar refractivity (Wildman–Crippen MR) is 81.1 cm³/mol. The number of nitrogens with zero attached hydrogens (tertiary/aromatic N) is 1. The van der Waals surface area contributed by atoms with E-state index in [2.05, 4.69) is 0 Å². The molecule has 0 N–H and O–H groups in total. The molecule has 0 aromatic heterocycles. The van der Waals surface area contributed by atoms with Crippen molar-refractivity contribution in [2.45, 2.75) is 24.6 Å². The van der Waals surface area contributed by atoms with Crippen LogP contribution in [0.2, 0.25) is 0 Å². The number of nitro groups is 1. The molecule has 1 unspecified atom stereocenters. The van der Waals surface area contributed by atoms with E-state index in [1.165, 1.54) is 0 Å². The summed E-state index contributed by atoms with van der Waals surface area (Å²) in [6.45, 7) is 0. The highest BCUT2D eigenvalue weighted by Crippen LogP contribution is 2.26. The van der Waals surface area contributed by atoms with E-state index in [-0.39, 0.29) is 16.0 Å². The fourth-order valence-corrected chi connectivity index (χ4v) is 2.40. The van der Waals surface area contributed by atoms with Crippen molar-refractivity contribution >= 4 is 17.3 Å². The molecule has 2 aromatic carbocycles. The van der Waals surface area contributed by atoms with Gasteiger partial charge in [0, 0.05) is 12.1 Å². The Morgan fingerprint density at radius 2 is 1.70 bits per heavy atom. The maximum absolute atomic E-state index is 10.6. The van der Waals surface area contributed by atoms with Gasteiger partial charge in [0.2, 0.25) is 0 Å². The summed E-state index contributed by atoms with van der Waals surface area (Å²) < 4.78 is 0. The summed E-state index contributed by atoms with van der Waals surface area (Å²) >= 11 is 6.35. The second kappa shape index (κ2) is 7.06. The van der Waals surface area contributed by atoms with E-state index in [0.29, 0.717) is 0 Å². The van der Waals surface area contributed by atoms with Crippen molar-refractivity contribution in [1.82, 2.24) is 0 Å². The van der Waals surface area contributed by atoms with Crippen LogP contribution in [0.1, 0.15) is 29.3 Å². The zero-order valence-electron chi connectivity index (χ0n) is 11.0. The fourth-order valence-electron chi connectivity index (χ4n) is 2.10. The van der Waals surface area contributed by atoms with Gasteiger partial charge >= 0.3 is 0 Å². The van der Waals surface area contributed by atoms with Gasteiger partial charge in [-0.1, -0.05) is 42.5 Å². The van der Waals surface area contributed by atoms with E-state index >= 15 is 0 Å². The van der Waals surface area contributed by atoms with Gasteiger partial charge in [-0.05, 0) is 30.4 Å². The van der Waals surface area contributed by atoms with Crippen LogP contribution in [0.15, 0.2) is 54.6 Å². The van der Waals surface area contributed by atoms with Crippen molar-refractivity contribution in [3.8, 4) is 0 Å². The van der Waals surface area contributed by atoms with E-state index in [1.807, 2.05) is 42.5 Å². The summed E-state index contributed by atoms with van der Waals surface area (Å²) in [4.78, 5) is 10.2. The summed E-state index contributed by atoms with van der Waals surface area (Å²) in [7, 11) is 0. The van der Waals surface area contributed by atoms with Crippen LogP contribution in [0.5, 0.6) is 0 Å². The number of nitro benzene ring substituents is 1. The second-order valence-electron chi connectivity index (χ2n) is 4.69. The minimum atomic E-state index is -0.381. The van der Waals surface area contributed by atoms with E-state index in [4.69, 9.17) is 11.6 Å². The van der Waals surface area contributed by atoms with Gasteiger partial charge in [0.15, 0.2) is 0 Å². The molecular formula is C16H16ClNO2. The van der Waals surface area contributed by atoms with Crippen LogP contribution in [0.4, 0.5) is 5.69 Å². The highest BCUT2D eigenvalue weighted by molar-refractivity contribution is 6.20. The van der Waals surface area contributed by atoms with E-state index < -0.39 is 0 Å². The van der Waals surface area contributed by atoms with Gasteiger partial charge in [-0.2, -0.15) is 0 Å². The highest BCUT2D eigenvalue weighted by Gasteiger charge is 2.08. The van der Waals surface area contributed by atoms with Gasteiger partial charge in [0.1, 0.15) is 0 Å². The molecular weight excluding hydrogens is 274 g/mol. The lowest BCUT2D eigenvalue weighted by Crippen LogP contribution is -1.93. The fraction of sp³-hybridized carbons (Fsp3) is 0.250. The third-order valence-corrected chi connectivity index (χ3v) is 3.70. The molecule has 0 saturated carbocycles. The summed E-state index contributed by atoms with van der Waals surface area (Å²) in [6, 6.07) is 16.7. The molecule has 0 aliphatic rings. The SMILES string of the molecule is O=[N+]([O-])c1ccc(CCCC(Cl)c2ccccc2)cc1. The number of alkyl halides is 1. The first kappa shape index (κ1) is 14.5. The third-order valence-electron chi connectivity index (χ3n) is 3.23. The van der Waals surface area contributed by atoms with Crippen LogP contribution in [0.3, 0.4) is 0 Å². The molecule has 0 aliphatic carbocycles. The Balaban J connectivity index is 1.82. The number of hydrogen-bond donors (Lipinski definition) is 0. The molecule has 1 atom stereocenters. The molecule has 0 saturated heterocycles. The third kappa shape index (κ3) is 4.07. The summed E-state index contributed by atoms with van der Waals surface area (Å²) in [5.74, 6) is 0. The molecule has 0 aliphatic heterocycles. The van der Waals surface area contributed by atoms with Gasteiger partial charge in [0.05, 0.1) is 10.3 Å². The number of rotatable bonds is 6. The first-order chi connectivity index (χ1) is 9.66. The minimum absolute atomic E-state index is 0.0225. The molecule has 0 fully saturated rings. The monoisotopic (exact) mass is 289 g/mol. The first-order valence-electron chi connectivity index (χ1n) is 6.59. The second-order valence-corrected chi connectivity index (χ2v) is 5.22. The molecule has 20 heavy (non-hydrogen) atoms. The molecule has 0 radical (unpaired) electrons. The molecule has 2 rings (SSSR count). The highest BCUT2D eigenvalue weighted by atomic mass is 35.5. The Morgan fingerprint density at radius 3 is 2.30 bits per heavy atom. The van der Waals surface area contributed by atoms with E-state index in [0.717, 1.165) is 30.4 Å². The number of benzene rings is 2. The Labute approximate surface area is 123 Å². The molecule has 104 valence electrons. The van der Waals surface area contributed by atoms with Crippen LogP contribution in [-0.4, -0.2) is 4.92 Å². The van der Waals surface area contributed by atoms with Crippen molar-refractivity contribution in [2.24, 2.45) is 0 Å². The van der Waals surface area contributed by atoms with Gasteiger partial charge in [0.25, 0.3) is 5.69 Å². The lowest BCUT2D eigenvalue weighted by molar-refractivity contribution is -0.384. The van der Waals surface area contributed by atoms with Crippen molar-refractivity contribution in [1.29, 1.82) is 0 Å². The maximum atomic E-state index is 10.6. The average Bonchev–Trinajstić information content (AvgIpc) is 2.48. The van der Waals surface area contributed by atoms with Crippen molar-refractivity contribution in [3.63, 3.8) is 0 Å². The topological polar surface area (TPSA) is 43.1 Å². The van der Waals surface area contributed by atoms with Crippen molar-refractivity contribution in [3.05, 3.63) is 75.8 Å². The lowest BCUT2D eigenvalue weighted by atomic mass is 10.0.